The van der Waals surface area contributed by atoms with Crippen LogP contribution in [0.4, 0.5) is 0 Å². The van der Waals surface area contributed by atoms with Gasteiger partial charge >= 0.3 is 5.97 Å². The van der Waals surface area contributed by atoms with Crippen molar-refractivity contribution in [3.63, 3.8) is 0 Å². The number of amides is 2. The van der Waals surface area contributed by atoms with E-state index >= 15 is 0 Å². The van der Waals surface area contributed by atoms with E-state index in [-0.39, 0.29) is 31.3 Å². The molecule has 1 fully saturated rings. The van der Waals surface area contributed by atoms with Crippen molar-refractivity contribution in [2.45, 2.75) is 26.7 Å². The summed E-state index contributed by atoms with van der Waals surface area (Å²) in [7, 11) is 1.47. The third kappa shape index (κ3) is 5.71. The highest BCUT2D eigenvalue weighted by atomic mass is 16.5. The Labute approximate surface area is 124 Å². The average molecular weight is 300 g/mol. The number of carboxylic acids is 1. The van der Waals surface area contributed by atoms with Crippen LogP contribution >= 0.6 is 0 Å². The Morgan fingerprint density at radius 2 is 1.48 bits per heavy atom. The Bertz CT molecular complexity index is 400. The molecular formula is C14H24N2O5. The highest BCUT2D eigenvalue weighted by molar-refractivity contribution is 5.80. The Kier molecular flexibility index (Phi) is 6.14. The number of hydrogen-bond donors (Lipinski definition) is 1. The molecule has 1 aliphatic rings. The highest BCUT2D eigenvalue weighted by Gasteiger charge is 2.30. The summed E-state index contributed by atoms with van der Waals surface area (Å²) in [4.78, 5) is 38.0. The molecule has 0 aromatic heterocycles. The standard InChI is InChI=1S/C14H24N2O5/c1-14(2,9-13(19)20)8-11(17)15-4-6-16(7-5-15)12(18)10-21-3/h4-10H2,1-3H3,(H,19,20). The van der Waals surface area contributed by atoms with Crippen molar-refractivity contribution in [3.05, 3.63) is 0 Å². The van der Waals surface area contributed by atoms with Crippen molar-refractivity contribution in [3.8, 4) is 0 Å². The Balaban J connectivity index is 2.45. The number of ether oxygens (including phenoxy) is 1. The molecule has 7 nitrogen and oxygen atoms in total. The summed E-state index contributed by atoms with van der Waals surface area (Å²) < 4.78 is 4.81. The van der Waals surface area contributed by atoms with Gasteiger partial charge in [-0.2, -0.15) is 0 Å². The largest absolute Gasteiger partial charge is 0.481 e. The molecule has 0 spiro atoms. The lowest BCUT2D eigenvalue weighted by molar-refractivity contribution is -0.144. The van der Waals surface area contributed by atoms with E-state index in [9.17, 15) is 14.4 Å². The van der Waals surface area contributed by atoms with Gasteiger partial charge < -0.3 is 19.6 Å². The van der Waals surface area contributed by atoms with Crippen LogP contribution in [0.1, 0.15) is 26.7 Å². The summed E-state index contributed by atoms with van der Waals surface area (Å²) in [6.45, 7) is 5.56. The molecule has 1 aliphatic heterocycles. The molecule has 1 rings (SSSR count). The zero-order chi connectivity index (χ0) is 16.0. The summed E-state index contributed by atoms with van der Waals surface area (Å²) in [6, 6.07) is 0. The average Bonchev–Trinajstić information content (AvgIpc) is 2.37. The quantitative estimate of drug-likeness (QED) is 0.757. The summed E-state index contributed by atoms with van der Waals surface area (Å²) in [5.41, 5.74) is -0.564. The second-order valence-electron chi connectivity index (χ2n) is 6.11. The van der Waals surface area contributed by atoms with Gasteiger partial charge in [-0.05, 0) is 5.41 Å². The van der Waals surface area contributed by atoms with Crippen molar-refractivity contribution in [2.24, 2.45) is 5.41 Å². The van der Waals surface area contributed by atoms with Gasteiger partial charge in [0.25, 0.3) is 0 Å². The van der Waals surface area contributed by atoms with Crippen LogP contribution in [0, 0.1) is 5.41 Å². The number of piperazine rings is 1. The van der Waals surface area contributed by atoms with Crippen LogP contribution in [0.3, 0.4) is 0 Å². The van der Waals surface area contributed by atoms with E-state index in [0.29, 0.717) is 26.2 Å². The fraction of sp³-hybridized carbons (Fsp3) is 0.786. The molecule has 1 saturated heterocycles. The molecule has 0 aromatic carbocycles. The second kappa shape index (κ2) is 7.40. The van der Waals surface area contributed by atoms with Gasteiger partial charge in [-0.3, -0.25) is 14.4 Å². The van der Waals surface area contributed by atoms with Crippen LogP contribution in [-0.4, -0.2) is 72.6 Å². The normalized spacial score (nSPS) is 16.0. The third-order valence-corrected chi connectivity index (χ3v) is 3.51. The number of carboxylic acid groups (broad SMARTS) is 1. The van der Waals surface area contributed by atoms with E-state index in [1.807, 2.05) is 0 Å². The van der Waals surface area contributed by atoms with Gasteiger partial charge in [-0.1, -0.05) is 13.8 Å². The summed E-state index contributed by atoms with van der Waals surface area (Å²) in [5, 5.41) is 8.84. The molecule has 0 saturated carbocycles. The fourth-order valence-electron chi connectivity index (χ4n) is 2.41. The zero-order valence-corrected chi connectivity index (χ0v) is 12.9. The van der Waals surface area contributed by atoms with Crippen molar-refractivity contribution < 1.29 is 24.2 Å². The lowest BCUT2D eigenvalue weighted by Gasteiger charge is -2.36. The number of methoxy groups -OCH3 is 1. The Morgan fingerprint density at radius 3 is 1.90 bits per heavy atom. The van der Waals surface area contributed by atoms with Gasteiger partial charge in [-0.15, -0.1) is 0 Å². The first kappa shape index (κ1) is 17.4. The van der Waals surface area contributed by atoms with Crippen LogP contribution in [0.5, 0.6) is 0 Å². The molecule has 0 atom stereocenters. The predicted molar refractivity (Wildman–Crippen MR) is 75.7 cm³/mol. The molecule has 7 heteroatoms. The molecule has 0 unspecified atom stereocenters. The lowest BCUT2D eigenvalue weighted by Crippen LogP contribution is -2.51. The van der Waals surface area contributed by atoms with Crippen LogP contribution in [0.25, 0.3) is 0 Å². The van der Waals surface area contributed by atoms with E-state index in [1.165, 1.54) is 7.11 Å². The van der Waals surface area contributed by atoms with E-state index < -0.39 is 11.4 Å². The van der Waals surface area contributed by atoms with Gasteiger partial charge in [0.1, 0.15) is 6.61 Å². The predicted octanol–water partition coefficient (Wildman–Crippen LogP) is 0.195. The smallest absolute Gasteiger partial charge is 0.303 e. The first-order valence-electron chi connectivity index (χ1n) is 7.01. The molecule has 0 aromatic rings. The van der Waals surface area contributed by atoms with Crippen LogP contribution < -0.4 is 0 Å². The van der Waals surface area contributed by atoms with Crippen molar-refractivity contribution in [2.75, 3.05) is 39.9 Å². The maximum absolute atomic E-state index is 12.2. The Morgan fingerprint density at radius 1 is 1.00 bits per heavy atom. The first-order chi connectivity index (χ1) is 9.75. The SMILES string of the molecule is COCC(=O)N1CCN(C(=O)CC(C)(C)CC(=O)O)CC1. The minimum atomic E-state index is -0.900. The van der Waals surface area contributed by atoms with Crippen LogP contribution in [0.2, 0.25) is 0 Å². The Hall–Kier alpha value is -1.63. The molecule has 0 aliphatic carbocycles. The maximum Gasteiger partial charge on any atom is 0.303 e. The minimum absolute atomic E-state index is 0.0367. The second-order valence-corrected chi connectivity index (χ2v) is 6.11. The van der Waals surface area contributed by atoms with Crippen LogP contribution in [-0.2, 0) is 19.1 Å². The molecule has 2 amide bonds. The van der Waals surface area contributed by atoms with Crippen molar-refractivity contribution >= 4 is 17.8 Å². The molecule has 1 N–H and O–H groups in total. The first-order valence-corrected chi connectivity index (χ1v) is 7.01. The molecular weight excluding hydrogens is 276 g/mol. The van der Waals surface area contributed by atoms with E-state index in [4.69, 9.17) is 9.84 Å². The molecule has 120 valence electrons. The number of hydrogen-bond acceptors (Lipinski definition) is 4. The minimum Gasteiger partial charge on any atom is -0.481 e. The van der Waals surface area contributed by atoms with E-state index in [0.717, 1.165) is 0 Å². The topological polar surface area (TPSA) is 87.2 Å². The van der Waals surface area contributed by atoms with Gasteiger partial charge in [0.2, 0.25) is 11.8 Å². The number of aliphatic carboxylic acids is 1. The summed E-state index contributed by atoms with van der Waals surface area (Å²) in [6.07, 6.45) is 0.163. The fourth-order valence-corrected chi connectivity index (χ4v) is 2.41. The zero-order valence-electron chi connectivity index (χ0n) is 12.9. The lowest BCUT2D eigenvalue weighted by atomic mass is 9.85. The van der Waals surface area contributed by atoms with Gasteiger partial charge in [0.15, 0.2) is 0 Å². The number of carbonyl (C=O) groups excluding carboxylic acids is 2. The van der Waals surface area contributed by atoms with Crippen molar-refractivity contribution in [1.29, 1.82) is 0 Å². The maximum atomic E-state index is 12.2. The molecule has 21 heavy (non-hydrogen) atoms. The number of carbonyl (C=O) groups is 3. The molecule has 0 bridgehead atoms. The monoisotopic (exact) mass is 300 g/mol. The number of nitrogens with zero attached hydrogens (tertiary/aromatic N) is 2. The number of rotatable bonds is 6. The van der Waals surface area contributed by atoms with Crippen LogP contribution in [0.15, 0.2) is 0 Å². The van der Waals surface area contributed by atoms with Gasteiger partial charge in [0, 0.05) is 39.7 Å². The van der Waals surface area contributed by atoms with Gasteiger partial charge in [-0.25, -0.2) is 0 Å². The third-order valence-electron chi connectivity index (χ3n) is 3.51. The summed E-state index contributed by atoms with van der Waals surface area (Å²) in [5.74, 6) is -1.03. The van der Waals surface area contributed by atoms with E-state index in [2.05, 4.69) is 0 Å². The van der Waals surface area contributed by atoms with E-state index in [1.54, 1.807) is 23.6 Å². The van der Waals surface area contributed by atoms with Gasteiger partial charge in [0.05, 0.1) is 6.42 Å². The highest BCUT2D eigenvalue weighted by Crippen LogP contribution is 2.26. The molecule has 0 radical (unpaired) electrons. The molecule has 1 heterocycles. The van der Waals surface area contributed by atoms with Crippen molar-refractivity contribution in [1.82, 2.24) is 9.80 Å². The summed E-state index contributed by atoms with van der Waals surface area (Å²) >= 11 is 0.